The summed E-state index contributed by atoms with van der Waals surface area (Å²) in [5.74, 6) is -0.225. The van der Waals surface area contributed by atoms with Crippen molar-refractivity contribution in [3.05, 3.63) is 0 Å². The first kappa shape index (κ1) is 13.4. The molecule has 0 radical (unpaired) electrons. The molecule has 0 bridgehead atoms. The van der Waals surface area contributed by atoms with Gasteiger partial charge in [-0.05, 0) is 20.3 Å². The van der Waals surface area contributed by atoms with Crippen LogP contribution in [0.1, 0.15) is 20.3 Å². The van der Waals surface area contributed by atoms with E-state index in [0.29, 0.717) is 13.2 Å². The highest BCUT2D eigenvalue weighted by Crippen LogP contribution is 2.26. The van der Waals surface area contributed by atoms with Crippen molar-refractivity contribution in [2.45, 2.75) is 38.5 Å². The number of hydrogen-bond acceptors (Lipinski definition) is 5. The molecule has 3 atom stereocenters. The molecule has 1 N–H and O–H groups in total. The first-order valence-corrected chi connectivity index (χ1v) is 5.76. The average molecular weight is 231 g/mol. The standard InChI is InChI=1S/C11H21NO4/c1-4-15-9-6-8(11(9)14-3)12-7-10(13)16-5-2/h8-9,11-12H,4-7H2,1-3H3. The van der Waals surface area contributed by atoms with Gasteiger partial charge in [0.05, 0.1) is 25.4 Å². The van der Waals surface area contributed by atoms with Crippen LogP contribution < -0.4 is 5.32 Å². The highest BCUT2D eigenvalue weighted by molar-refractivity contribution is 5.71. The van der Waals surface area contributed by atoms with E-state index in [9.17, 15) is 4.79 Å². The molecule has 0 amide bonds. The van der Waals surface area contributed by atoms with E-state index in [1.54, 1.807) is 14.0 Å². The molecule has 0 aromatic heterocycles. The van der Waals surface area contributed by atoms with E-state index in [4.69, 9.17) is 14.2 Å². The topological polar surface area (TPSA) is 56.8 Å². The van der Waals surface area contributed by atoms with Gasteiger partial charge in [0.2, 0.25) is 0 Å². The lowest BCUT2D eigenvalue weighted by molar-refractivity contribution is -0.147. The number of nitrogens with one attached hydrogen (secondary N) is 1. The second kappa shape index (κ2) is 6.83. The average Bonchev–Trinajstić information content (AvgIpc) is 2.23. The normalized spacial score (nSPS) is 28.6. The van der Waals surface area contributed by atoms with E-state index in [2.05, 4.69) is 5.32 Å². The summed E-state index contributed by atoms with van der Waals surface area (Å²) in [4.78, 5) is 11.1. The lowest BCUT2D eigenvalue weighted by atomic mass is 9.85. The van der Waals surface area contributed by atoms with E-state index in [1.807, 2.05) is 6.92 Å². The van der Waals surface area contributed by atoms with Gasteiger partial charge in [0, 0.05) is 19.8 Å². The molecule has 0 aliphatic heterocycles. The van der Waals surface area contributed by atoms with Crippen LogP contribution >= 0.6 is 0 Å². The largest absolute Gasteiger partial charge is 0.465 e. The number of carbonyl (C=O) groups is 1. The van der Waals surface area contributed by atoms with Crippen LogP contribution in [0.2, 0.25) is 0 Å². The summed E-state index contributed by atoms with van der Waals surface area (Å²) >= 11 is 0. The van der Waals surface area contributed by atoms with Gasteiger partial charge in [-0.3, -0.25) is 4.79 Å². The van der Waals surface area contributed by atoms with Gasteiger partial charge < -0.3 is 19.5 Å². The zero-order chi connectivity index (χ0) is 12.0. The Hall–Kier alpha value is -0.650. The molecule has 16 heavy (non-hydrogen) atoms. The van der Waals surface area contributed by atoms with Crippen molar-refractivity contribution in [3.8, 4) is 0 Å². The first-order chi connectivity index (χ1) is 7.72. The van der Waals surface area contributed by atoms with E-state index in [-0.39, 0.29) is 30.8 Å². The fourth-order valence-corrected chi connectivity index (χ4v) is 1.90. The zero-order valence-corrected chi connectivity index (χ0v) is 10.2. The lowest BCUT2D eigenvalue weighted by Gasteiger charge is -2.43. The van der Waals surface area contributed by atoms with Crippen LogP contribution in [-0.2, 0) is 19.0 Å². The number of rotatable bonds is 7. The molecular formula is C11H21NO4. The molecule has 0 aromatic rings. The molecule has 1 fully saturated rings. The molecule has 1 aliphatic rings. The highest BCUT2D eigenvalue weighted by Gasteiger charge is 2.41. The summed E-state index contributed by atoms with van der Waals surface area (Å²) in [6.07, 6.45) is 1.07. The highest BCUT2D eigenvalue weighted by atomic mass is 16.5. The number of ether oxygens (including phenoxy) is 3. The van der Waals surface area contributed by atoms with Crippen LogP contribution in [0.25, 0.3) is 0 Å². The monoisotopic (exact) mass is 231 g/mol. The van der Waals surface area contributed by atoms with Crippen LogP contribution in [0.3, 0.4) is 0 Å². The summed E-state index contributed by atoms with van der Waals surface area (Å²) in [5.41, 5.74) is 0. The van der Waals surface area contributed by atoms with Crippen molar-refractivity contribution in [1.29, 1.82) is 0 Å². The van der Waals surface area contributed by atoms with E-state index < -0.39 is 0 Å². The molecule has 1 aliphatic carbocycles. The summed E-state index contributed by atoms with van der Waals surface area (Å²) in [6, 6.07) is 0.186. The third kappa shape index (κ3) is 3.43. The van der Waals surface area contributed by atoms with Gasteiger partial charge in [0.25, 0.3) is 0 Å². The molecule has 0 heterocycles. The third-order valence-electron chi connectivity index (χ3n) is 2.72. The Morgan fingerprint density at radius 2 is 2.12 bits per heavy atom. The zero-order valence-electron chi connectivity index (χ0n) is 10.2. The van der Waals surface area contributed by atoms with Gasteiger partial charge in [0.1, 0.15) is 0 Å². The maximum atomic E-state index is 11.1. The quantitative estimate of drug-likeness (QED) is 0.640. The number of esters is 1. The van der Waals surface area contributed by atoms with Crippen LogP contribution in [0.4, 0.5) is 0 Å². The first-order valence-electron chi connectivity index (χ1n) is 5.76. The van der Waals surface area contributed by atoms with Crippen LogP contribution in [0.5, 0.6) is 0 Å². The van der Waals surface area contributed by atoms with Crippen molar-refractivity contribution in [2.75, 3.05) is 26.9 Å². The van der Waals surface area contributed by atoms with Crippen molar-refractivity contribution < 1.29 is 19.0 Å². The predicted molar refractivity (Wildman–Crippen MR) is 59.3 cm³/mol. The Bertz CT molecular complexity index is 222. The summed E-state index contributed by atoms with van der Waals surface area (Å²) in [6.45, 7) is 5.10. The van der Waals surface area contributed by atoms with Crippen LogP contribution in [0.15, 0.2) is 0 Å². The Labute approximate surface area is 96.4 Å². The summed E-state index contributed by atoms with van der Waals surface area (Å²) in [5, 5.41) is 3.11. The van der Waals surface area contributed by atoms with E-state index in [1.165, 1.54) is 0 Å². The van der Waals surface area contributed by atoms with Crippen molar-refractivity contribution in [2.24, 2.45) is 0 Å². The van der Waals surface area contributed by atoms with Gasteiger partial charge in [-0.2, -0.15) is 0 Å². The van der Waals surface area contributed by atoms with Crippen molar-refractivity contribution in [3.63, 3.8) is 0 Å². The SMILES string of the molecule is CCOC(=O)CNC1CC(OCC)C1OC. The minimum atomic E-state index is -0.225. The number of methoxy groups -OCH3 is 1. The molecule has 5 heteroatoms. The number of hydrogen-bond donors (Lipinski definition) is 1. The minimum Gasteiger partial charge on any atom is -0.465 e. The van der Waals surface area contributed by atoms with Crippen molar-refractivity contribution in [1.82, 2.24) is 5.32 Å². The molecule has 1 saturated carbocycles. The van der Waals surface area contributed by atoms with Gasteiger partial charge in [-0.15, -0.1) is 0 Å². The molecular weight excluding hydrogens is 210 g/mol. The second-order valence-electron chi connectivity index (χ2n) is 3.72. The number of carbonyl (C=O) groups excluding carboxylic acids is 1. The fraction of sp³-hybridized carbons (Fsp3) is 0.909. The maximum absolute atomic E-state index is 11.1. The van der Waals surface area contributed by atoms with Gasteiger partial charge in [-0.1, -0.05) is 0 Å². The predicted octanol–water partition coefficient (Wildman–Crippen LogP) is 0.332. The van der Waals surface area contributed by atoms with Gasteiger partial charge in [-0.25, -0.2) is 0 Å². The van der Waals surface area contributed by atoms with Gasteiger partial charge in [0.15, 0.2) is 0 Å². The molecule has 1 rings (SSSR count). The van der Waals surface area contributed by atoms with Crippen molar-refractivity contribution >= 4 is 5.97 Å². The summed E-state index contributed by atoms with van der Waals surface area (Å²) < 4.78 is 15.6. The Morgan fingerprint density at radius 1 is 1.38 bits per heavy atom. The third-order valence-corrected chi connectivity index (χ3v) is 2.72. The smallest absolute Gasteiger partial charge is 0.319 e. The Morgan fingerprint density at radius 3 is 2.69 bits per heavy atom. The summed E-state index contributed by atoms with van der Waals surface area (Å²) in [7, 11) is 1.66. The molecule has 0 saturated heterocycles. The Kier molecular flexibility index (Phi) is 5.73. The Balaban J connectivity index is 2.21. The van der Waals surface area contributed by atoms with E-state index in [0.717, 1.165) is 6.42 Å². The van der Waals surface area contributed by atoms with Crippen LogP contribution in [-0.4, -0.2) is 51.1 Å². The lowest BCUT2D eigenvalue weighted by Crippen LogP contribution is -2.60. The van der Waals surface area contributed by atoms with E-state index >= 15 is 0 Å². The fourth-order valence-electron chi connectivity index (χ4n) is 1.90. The molecule has 94 valence electrons. The molecule has 0 spiro atoms. The maximum Gasteiger partial charge on any atom is 0.319 e. The molecule has 0 aromatic carbocycles. The molecule has 5 nitrogen and oxygen atoms in total. The van der Waals surface area contributed by atoms with Crippen LogP contribution in [0, 0.1) is 0 Å². The second-order valence-corrected chi connectivity index (χ2v) is 3.72. The minimum absolute atomic E-state index is 0.0365. The molecule has 3 unspecified atom stereocenters. The van der Waals surface area contributed by atoms with Gasteiger partial charge >= 0.3 is 5.97 Å².